The number of para-hydroxylation sites is 1. The van der Waals surface area contributed by atoms with Gasteiger partial charge in [0.05, 0.1) is 27.4 Å². The van der Waals surface area contributed by atoms with E-state index in [4.69, 9.17) is 18.9 Å². The van der Waals surface area contributed by atoms with Gasteiger partial charge in [0.2, 0.25) is 6.10 Å². The third kappa shape index (κ3) is 4.26. The summed E-state index contributed by atoms with van der Waals surface area (Å²) in [5.41, 5.74) is 0.798. The molecule has 0 saturated carbocycles. The molecular formula is C21H23NO6. The third-order valence-electron chi connectivity index (χ3n) is 4.50. The van der Waals surface area contributed by atoms with E-state index in [9.17, 15) is 9.59 Å². The fourth-order valence-electron chi connectivity index (χ4n) is 3.06. The first-order chi connectivity index (χ1) is 13.7. The molecule has 0 radical (unpaired) electrons. The van der Waals surface area contributed by atoms with E-state index in [1.54, 1.807) is 47.4 Å². The summed E-state index contributed by atoms with van der Waals surface area (Å²) in [7, 11) is 2.93. The Morgan fingerprint density at radius 3 is 2.32 bits per heavy atom. The standard InChI is InChI=1S/C21H23NO6/c1-25-17-10-6-9-16(19(17)26-2)21(24)28-18(15-7-4-3-5-8-15)20(23)22-11-13-27-14-12-22/h3-10,18H,11-14H2,1-2H3/t18-/m1/s1. The van der Waals surface area contributed by atoms with Crippen LogP contribution in [0.1, 0.15) is 22.0 Å². The highest BCUT2D eigenvalue weighted by atomic mass is 16.6. The number of amides is 1. The smallest absolute Gasteiger partial charge is 0.343 e. The normalized spacial score (nSPS) is 14.9. The molecule has 28 heavy (non-hydrogen) atoms. The molecular weight excluding hydrogens is 362 g/mol. The maximum atomic E-state index is 13.1. The number of rotatable bonds is 6. The van der Waals surface area contributed by atoms with E-state index < -0.39 is 12.1 Å². The van der Waals surface area contributed by atoms with E-state index in [1.807, 2.05) is 6.07 Å². The van der Waals surface area contributed by atoms with Gasteiger partial charge in [-0.15, -0.1) is 0 Å². The van der Waals surface area contributed by atoms with Crippen LogP contribution in [0.3, 0.4) is 0 Å². The molecule has 0 N–H and O–H groups in total. The molecule has 0 aromatic heterocycles. The summed E-state index contributed by atoms with van der Waals surface area (Å²) in [6.45, 7) is 1.85. The van der Waals surface area contributed by atoms with Crippen molar-refractivity contribution in [1.82, 2.24) is 4.90 Å². The van der Waals surface area contributed by atoms with Crippen LogP contribution < -0.4 is 9.47 Å². The molecule has 1 fully saturated rings. The summed E-state index contributed by atoms with van der Waals surface area (Å²) < 4.78 is 21.5. The Hall–Kier alpha value is -3.06. The average molecular weight is 385 g/mol. The topological polar surface area (TPSA) is 74.3 Å². The molecule has 7 nitrogen and oxygen atoms in total. The van der Waals surface area contributed by atoms with E-state index in [-0.39, 0.29) is 17.2 Å². The molecule has 1 aliphatic heterocycles. The first-order valence-corrected chi connectivity index (χ1v) is 8.99. The van der Waals surface area contributed by atoms with E-state index in [1.165, 1.54) is 14.2 Å². The van der Waals surface area contributed by atoms with Gasteiger partial charge in [-0.05, 0) is 12.1 Å². The molecule has 0 spiro atoms. The summed E-state index contributed by atoms with van der Waals surface area (Å²) in [5, 5.41) is 0. The second-order valence-electron chi connectivity index (χ2n) is 6.17. The molecule has 2 aromatic rings. The summed E-state index contributed by atoms with van der Waals surface area (Å²) >= 11 is 0. The Kier molecular flexibility index (Phi) is 6.49. The number of carbonyl (C=O) groups is 2. The Bertz CT molecular complexity index is 817. The number of benzene rings is 2. The zero-order valence-electron chi connectivity index (χ0n) is 15.9. The molecule has 148 valence electrons. The van der Waals surface area contributed by atoms with Gasteiger partial charge in [0, 0.05) is 18.7 Å². The monoisotopic (exact) mass is 385 g/mol. The van der Waals surface area contributed by atoms with Crippen molar-refractivity contribution >= 4 is 11.9 Å². The second kappa shape index (κ2) is 9.23. The fourth-order valence-corrected chi connectivity index (χ4v) is 3.06. The summed E-state index contributed by atoms with van der Waals surface area (Å²) in [5.74, 6) is -0.260. The highest BCUT2D eigenvalue weighted by Crippen LogP contribution is 2.32. The SMILES string of the molecule is COc1cccc(C(=O)O[C@@H](C(=O)N2CCOCC2)c2ccccc2)c1OC. The number of esters is 1. The van der Waals surface area contributed by atoms with Crippen molar-refractivity contribution in [2.45, 2.75) is 6.10 Å². The minimum absolute atomic E-state index is 0.192. The largest absolute Gasteiger partial charge is 0.493 e. The van der Waals surface area contributed by atoms with Gasteiger partial charge in [-0.3, -0.25) is 4.79 Å². The number of morpholine rings is 1. The second-order valence-corrected chi connectivity index (χ2v) is 6.17. The maximum absolute atomic E-state index is 13.1. The van der Waals surface area contributed by atoms with Crippen LogP contribution in [0.4, 0.5) is 0 Å². The van der Waals surface area contributed by atoms with Gasteiger partial charge in [-0.1, -0.05) is 36.4 Å². The van der Waals surface area contributed by atoms with Gasteiger partial charge in [-0.25, -0.2) is 4.79 Å². The van der Waals surface area contributed by atoms with Gasteiger partial charge in [0.15, 0.2) is 11.5 Å². The molecule has 1 aliphatic rings. The first kappa shape index (κ1) is 19.7. The van der Waals surface area contributed by atoms with Crippen LogP contribution in [-0.4, -0.2) is 57.3 Å². The van der Waals surface area contributed by atoms with E-state index in [2.05, 4.69) is 0 Å². The van der Waals surface area contributed by atoms with Crippen LogP contribution in [0, 0.1) is 0 Å². The van der Waals surface area contributed by atoms with Crippen LogP contribution in [0.5, 0.6) is 11.5 Å². The van der Waals surface area contributed by atoms with E-state index >= 15 is 0 Å². The van der Waals surface area contributed by atoms with E-state index in [0.717, 1.165) is 0 Å². The summed E-state index contributed by atoms with van der Waals surface area (Å²) in [6.07, 6.45) is -1.05. The highest BCUT2D eigenvalue weighted by Gasteiger charge is 2.32. The average Bonchev–Trinajstić information content (AvgIpc) is 2.77. The molecule has 3 rings (SSSR count). The molecule has 1 heterocycles. The molecule has 7 heteroatoms. The first-order valence-electron chi connectivity index (χ1n) is 8.99. The Balaban J connectivity index is 1.89. The summed E-state index contributed by atoms with van der Waals surface area (Å²) in [6, 6.07) is 13.9. The predicted molar refractivity (Wildman–Crippen MR) is 102 cm³/mol. The lowest BCUT2D eigenvalue weighted by Gasteiger charge is -2.30. The number of methoxy groups -OCH3 is 2. The van der Waals surface area contributed by atoms with Gasteiger partial charge < -0.3 is 23.8 Å². The van der Waals surface area contributed by atoms with E-state index in [0.29, 0.717) is 37.6 Å². The van der Waals surface area contributed by atoms with Crippen molar-refractivity contribution in [3.05, 3.63) is 59.7 Å². The minimum Gasteiger partial charge on any atom is -0.493 e. The lowest BCUT2D eigenvalue weighted by atomic mass is 10.1. The van der Waals surface area contributed by atoms with Crippen LogP contribution in [0.2, 0.25) is 0 Å². The minimum atomic E-state index is -1.05. The summed E-state index contributed by atoms with van der Waals surface area (Å²) in [4.78, 5) is 27.6. The van der Waals surface area contributed by atoms with Crippen molar-refractivity contribution in [3.63, 3.8) is 0 Å². The molecule has 1 amide bonds. The van der Waals surface area contributed by atoms with Crippen LogP contribution >= 0.6 is 0 Å². The highest BCUT2D eigenvalue weighted by molar-refractivity contribution is 5.96. The number of nitrogens with zero attached hydrogens (tertiary/aromatic N) is 1. The molecule has 1 saturated heterocycles. The van der Waals surface area contributed by atoms with Gasteiger partial charge >= 0.3 is 5.97 Å². The van der Waals surface area contributed by atoms with Gasteiger partial charge in [-0.2, -0.15) is 0 Å². The Morgan fingerprint density at radius 1 is 0.964 bits per heavy atom. The van der Waals surface area contributed by atoms with Gasteiger partial charge in [0.1, 0.15) is 5.56 Å². The Labute approximate surface area is 163 Å². The number of carbonyl (C=O) groups excluding carboxylic acids is 2. The van der Waals surface area contributed by atoms with Gasteiger partial charge in [0.25, 0.3) is 5.91 Å². The number of hydrogen-bond donors (Lipinski definition) is 0. The van der Waals surface area contributed by atoms with Crippen molar-refractivity contribution in [1.29, 1.82) is 0 Å². The van der Waals surface area contributed by atoms with Crippen LogP contribution in [0.25, 0.3) is 0 Å². The lowest BCUT2D eigenvalue weighted by molar-refractivity contribution is -0.145. The van der Waals surface area contributed by atoms with Crippen LogP contribution in [-0.2, 0) is 14.3 Å². The zero-order valence-corrected chi connectivity index (χ0v) is 15.9. The molecule has 0 bridgehead atoms. The quantitative estimate of drug-likeness (QED) is 0.711. The Morgan fingerprint density at radius 2 is 1.68 bits per heavy atom. The number of hydrogen-bond acceptors (Lipinski definition) is 6. The van der Waals surface area contributed by atoms with Crippen molar-refractivity contribution in [2.75, 3.05) is 40.5 Å². The molecule has 2 aromatic carbocycles. The molecule has 1 atom stereocenters. The zero-order chi connectivity index (χ0) is 19.9. The van der Waals surface area contributed by atoms with Crippen molar-refractivity contribution < 1.29 is 28.5 Å². The number of ether oxygens (including phenoxy) is 4. The molecule has 0 unspecified atom stereocenters. The maximum Gasteiger partial charge on any atom is 0.343 e. The molecule has 0 aliphatic carbocycles. The van der Waals surface area contributed by atoms with Crippen LogP contribution in [0.15, 0.2) is 48.5 Å². The lowest BCUT2D eigenvalue weighted by Crippen LogP contribution is -2.44. The predicted octanol–water partition coefficient (Wildman–Crippen LogP) is 2.46. The van der Waals surface area contributed by atoms with Crippen molar-refractivity contribution in [3.8, 4) is 11.5 Å². The van der Waals surface area contributed by atoms with Crippen molar-refractivity contribution in [2.24, 2.45) is 0 Å². The fraction of sp³-hybridized carbons (Fsp3) is 0.333. The third-order valence-corrected chi connectivity index (χ3v) is 4.50.